The second kappa shape index (κ2) is 10.4. The normalized spacial score (nSPS) is 16.4. The molecule has 3 N–H and O–H groups in total. The molecule has 0 aliphatic carbocycles. The van der Waals surface area contributed by atoms with Crippen LogP contribution in [0, 0.1) is 5.92 Å². The highest BCUT2D eigenvalue weighted by Crippen LogP contribution is 2.38. The number of piperidine rings is 1. The Morgan fingerprint density at radius 1 is 1.15 bits per heavy atom. The van der Waals surface area contributed by atoms with Gasteiger partial charge in [-0.15, -0.1) is 0 Å². The third-order valence-corrected chi connectivity index (χ3v) is 6.15. The fourth-order valence-corrected chi connectivity index (χ4v) is 4.49. The first-order valence-electron chi connectivity index (χ1n) is 11.6. The van der Waals surface area contributed by atoms with Crippen LogP contribution in [0.25, 0.3) is 22.2 Å². The van der Waals surface area contributed by atoms with E-state index in [-0.39, 0.29) is 5.69 Å². The summed E-state index contributed by atoms with van der Waals surface area (Å²) in [5, 5.41) is 10.1. The molecule has 1 unspecified atom stereocenters. The Labute approximate surface area is 197 Å². The molecule has 2 aromatic carbocycles. The van der Waals surface area contributed by atoms with Crippen LogP contribution in [0.1, 0.15) is 38.2 Å². The third-order valence-electron chi connectivity index (χ3n) is 6.15. The van der Waals surface area contributed by atoms with Gasteiger partial charge in [0.2, 0.25) is 5.91 Å². The summed E-state index contributed by atoms with van der Waals surface area (Å²) >= 11 is 0. The zero-order valence-corrected chi connectivity index (χ0v) is 19.1. The predicted molar refractivity (Wildman–Crippen MR) is 130 cm³/mol. The molecule has 1 amide bonds. The number of para-hydroxylation sites is 1. The average Bonchev–Trinajstić information content (AvgIpc) is 2.81. The summed E-state index contributed by atoms with van der Waals surface area (Å²) in [6.07, 6.45) is 0.0134. The zero-order valence-electron chi connectivity index (χ0n) is 19.1. The maximum absolute atomic E-state index is 13.7. The molecule has 3 aromatic rings. The first kappa shape index (κ1) is 24.0. The fraction of sp³-hybridized carbons (Fsp3) is 0.385. The smallest absolute Gasteiger partial charge is 0.384 e. The predicted octanol–water partition coefficient (Wildman–Crippen LogP) is 6.07. The Kier molecular flexibility index (Phi) is 7.36. The molecule has 5 nitrogen and oxygen atoms in total. The summed E-state index contributed by atoms with van der Waals surface area (Å²) in [4.78, 5) is 16.0. The van der Waals surface area contributed by atoms with Gasteiger partial charge in [-0.25, -0.2) is 4.98 Å². The zero-order chi connectivity index (χ0) is 24.1. The van der Waals surface area contributed by atoms with Crippen molar-refractivity contribution in [3.63, 3.8) is 0 Å². The maximum Gasteiger partial charge on any atom is 0.418 e. The van der Waals surface area contributed by atoms with E-state index in [2.05, 4.69) is 20.9 Å². The molecule has 1 aliphatic heterocycles. The number of rotatable bonds is 7. The number of amides is 1. The van der Waals surface area contributed by atoms with Crippen LogP contribution in [0.15, 0.2) is 48.5 Å². The number of pyridine rings is 1. The van der Waals surface area contributed by atoms with Crippen LogP contribution < -0.4 is 16.0 Å². The summed E-state index contributed by atoms with van der Waals surface area (Å²) in [7, 11) is 0. The van der Waals surface area contributed by atoms with Gasteiger partial charge in [0.05, 0.1) is 22.5 Å². The third kappa shape index (κ3) is 5.86. The van der Waals surface area contributed by atoms with Gasteiger partial charge in [0.25, 0.3) is 0 Å². The number of carbonyl (C=O) groups excluding carboxylic acids is 1. The standard InChI is InChI=1S/C26H29F3N4O/c1-17(34)32-23-11-10-19(14-21(23)26(27,28)29)24-15-25(20-8-2-3-9-22(20)33-24)31-13-5-7-18-6-4-12-30-16-18/h2-3,8-11,14-15,18,30H,4-7,12-13,16H2,1H3,(H,31,33)(H,32,34). The Hall–Kier alpha value is -3.13. The van der Waals surface area contributed by atoms with Crippen LogP contribution >= 0.6 is 0 Å². The quantitative estimate of drug-likeness (QED) is 0.367. The molecule has 0 spiro atoms. The largest absolute Gasteiger partial charge is 0.418 e. The molecule has 0 saturated carbocycles. The van der Waals surface area contributed by atoms with Crippen molar-refractivity contribution < 1.29 is 18.0 Å². The van der Waals surface area contributed by atoms with E-state index in [1.165, 1.54) is 25.8 Å². The van der Waals surface area contributed by atoms with Crippen molar-refractivity contribution in [2.45, 2.75) is 38.8 Å². The van der Waals surface area contributed by atoms with E-state index in [1.807, 2.05) is 24.3 Å². The molecule has 34 heavy (non-hydrogen) atoms. The van der Waals surface area contributed by atoms with Gasteiger partial charge < -0.3 is 16.0 Å². The number of nitrogens with one attached hydrogen (secondary N) is 3. The second-order valence-electron chi connectivity index (χ2n) is 8.79. The van der Waals surface area contributed by atoms with Crippen molar-refractivity contribution >= 4 is 28.2 Å². The van der Waals surface area contributed by atoms with E-state index < -0.39 is 17.6 Å². The van der Waals surface area contributed by atoms with Crippen molar-refractivity contribution in [2.75, 3.05) is 30.3 Å². The minimum absolute atomic E-state index is 0.264. The van der Waals surface area contributed by atoms with Gasteiger partial charge in [0.1, 0.15) is 0 Å². The fourth-order valence-electron chi connectivity index (χ4n) is 4.49. The molecular weight excluding hydrogens is 441 g/mol. The van der Waals surface area contributed by atoms with Crippen LogP contribution in [0.3, 0.4) is 0 Å². The lowest BCUT2D eigenvalue weighted by atomic mass is 9.95. The van der Waals surface area contributed by atoms with E-state index in [1.54, 1.807) is 12.1 Å². The summed E-state index contributed by atoms with van der Waals surface area (Å²) < 4.78 is 41.1. The van der Waals surface area contributed by atoms with Crippen LogP contribution in [0.4, 0.5) is 24.5 Å². The molecule has 1 atom stereocenters. The summed E-state index contributed by atoms with van der Waals surface area (Å²) in [6, 6.07) is 13.3. The molecule has 0 bridgehead atoms. The van der Waals surface area contributed by atoms with Crippen molar-refractivity contribution in [2.24, 2.45) is 5.92 Å². The van der Waals surface area contributed by atoms with Crippen LogP contribution in [-0.2, 0) is 11.0 Å². The number of nitrogens with zero attached hydrogens (tertiary/aromatic N) is 1. The summed E-state index contributed by atoms with van der Waals surface area (Å²) in [5.41, 5.74) is 1.17. The number of hydrogen-bond acceptors (Lipinski definition) is 4. The van der Waals surface area contributed by atoms with Gasteiger partial charge in [-0.05, 0) is 69.0 Å². The molecule has 0 radical (unpaired) electrons. The van der Waals surface area contributed by atoms with Crippen LogP contribution in [0.2, 0.25) is 0 Å². The van der Waals surface area contributed by atoms with Gasteiger partial charge in [-0.1, -0.05) is 24.3 Å². The first-order valence-corrected chi connectivity index (χ1v) is 11.6. The van der Waals surface area contributed by atoms with E-state index in [4.69, 9.17) is 0 Å². The molecule has 2 heterocycles. The minimum Gasteiger partial charge on any atom is -0.384 e. The molecule has 8 heteroatoms. The molecule has 1 fully saturated rings. The number of benzene rings is 2. The monoisotopic (exact) mass is 470 g/mol. The lowest BCUT2D eigenvalue weighted by Gasteiger charge is -2.22. The number of fused-ring (bicyclic) bond motifs is 1. The molecular formula is C26H29F3N4O. The van der Waals surface area contributed by atoms with Gasteiger partial charge in [0.15, 0.2) is 0 Å². The SMILES string of the molecule is CC(=O)Nc1ccc(-c2cc(NCCCC3CCCNC3)c3ccccc3n2)cc1C(F)(F)F. The number of alkyl halides is 3. The minimum atomic E-state index is -4.61. The van der Waals surface area contributed by atoms with E-state index in [0.29, 0.717) is 22.7 Å². The molecule has 4 rings (SSSR count). The Bertz CT molecular complexity index is 1160. The highest BCUT2D eigenvalue weighted by atomic mass is 19.4. The number of aromatic nitrogens is 1. The van der Waals surface area contributed by atoms with E-state index in [9.17, 15) is 18.0 Å². The topological polar surface area (TPSA) is 66.1 Å². The highest BCUT2D eigenvalue weighted by molar-refractivity contribution is 5.94. The number of halogens is 3. The molecule has 1 aliphatic rings. The second-order valence-corrected chi connectivity index (χ2v) is 8.79. The molecule has 180 valence electrons. The Morgan fingerprint density at radius 3 is 2.71 bits per heavy atom. The van der Waals surface area contributed by atoms with E-state index in [0.717, 1.165) is 49.6 Å². The van der Waals surface area contributed by atoms with Crippen LogP contribution in [-0.4, -0.2) is 30.5 Å². The summed E-state index contributed by atoms with van der Waals surface area (Å²) in [5.74, 6) is 0.140. The number of carbonyl (C=O) groups is 1. The first-order chi connectivity index (χ1) is 16.3. The number of anilines is 2. The van der Waals surface area contributed by atoms with Gasteiger partial charge in [-0.3, -0.25) is 4.79 Å². The van der Waals surface area contributed by atoms with Gasteiger partial charge >= 0.3 is 6.18 Å². The maximum atomic E-state index is 13.7. The van der Waals surface area contributed by atoms with Crippen molar-refractivity contribution in [1.29, 1.82) is 0 Å². The Balaban J connectivity index is 1.61. The van der Waals surface area contributed by atoms with Gasteiger partial charge in [0, 0.05) is 30.1 Å². The van der Waals surface area contributed by atoms with Crippen molar-refractivity contribution in [1.82, 2.24) is 10.3 Å². The lowest BCUT2D eigenvalue weighted by molar-refractivity contribution is -0.136. The van der Waals surface area contributed by atoms with Crippen LogP contribution in [0.5, 0.6) is 0 Å². The van der Waals surface area contributed by atoms with Crippen molar-refractivity contribution in [3.8, 4) is 11.3 Å². The lowest BCUT2D eigenvalue weighted by Crippen LogP contribution is -2.29. The molecule has 1 aromatic heterocycles. The van der Waals surface area contributed by atoms with Crippen molar-refractivity contribution in [3.05, 3.63) is 54.1 Å². The average molecular weight is 471 g/mol. The molecule has 1 saturated heterocycles. The summed E-state index contributed by atoms with van der Waals surface area (Å²) in [6.45, 7) is 4.13. The highest BCUT2D eigenvalue weighted by Gasteiger charge is 2.34. The Morgan fingerprint density at radius 2 is 1.97 bits per heavy atom. The van der Waals surface area contributed by atoms with Gasteiger partial charge in [-0.2, -0.15) is 13.2 Å². The number of hydrogen-bond donors (Lipinski definition) is 3. The van der Waals surface area contributed by atoms with E-state index >= 15 is 0 Å².